The van der Waals surface area contributed by atoms with Gasteiger partial charge in [-0.1, -0.05) is 44.2 Å². The second-order valence-corrected chi connectivity index (χ2v) is 5.69. The Labute approximate surface area is 115 Å². The first kappa shape index (κ1) is 15.5. The van der Waals surface area contributed by atoms with E-state index in [1.54, 1.807) is 0 Å². The lowest BCUT2D eigenvalue weighted by Gasteiger charge is -2.27. The van der Waals surface area contributed by atoms with E-state index in [1.165, 1.54) is 5.56 Å². The molecule has 0 aliphatic carbocycles. The van der Waals surface area contributed by atoms with Crippen molar-refractivity contribution in [2.45, 2.75) is 38.0 Å². The normalized spacial score (nSPS) is 14.4. The molecule has 3 heteroatoms. The molecule has 0 saturated heterocycles. The Balaban J connectivity index is 2.68. The van der Waals surface area contributed by atoms with Crippen LogP contribution in [0.1, 0.15) is 38.3 Å². The first-order valence-electron chi connectivity index (χ1n) is 6.84. The van der Waals surface area contributed by atoms with Gasteiger partial charge in [0.05, 0.1) is 0 Å². The van der Waals surface area contributed by atoms with Gasteiger partial charge in [-0.05, 0) is 30.7 Å². The van der Waals surface area contributed by atoms with Crippen LogP contribution in [0.25, 0.3) is 0 Å². The molecular formula is C15H25NOS. The Morgan fingerprint density at radius 3 is 2.50 bits per heavy atom. The van der Waals surface area contributed by atoms with Crippen LogP contribution in [0.5, 0.6) is 0 Å². The summed E-state index contributed by atoms with van der Waals surface area (Å²) in [5.41, 5.74) is 1.36. The average Bonchev–Trinajstić information content (AvgIpc) is 2.43. The predicted octanol–water partition coefficient (Wildman–Crippen LogP) is 3.23. The van der Waals surface area contributed by atoms with Crippen LogP contribution < -0.4 is 5.32 Å². The molecule has 0 saturated carbocycles. The summed E-state index contributed by atoms with van der Waals surface area (Å²) < 4.78 is 0. The maximum Gasteiger partial charge on any atom is 0.0440 e. The van der Waals surface area contributed by atoms with E-state index >= 15 is 0 Å². The number of thioether (sulfide) groups is 1. The minimum atomic E-state index is 0.292. The summed E-state index contributed by atoms with van der Waals surface area (Å²) in [5.74, 6) is 1.03. The minimum Gasteiger partial charge on any atom is -0.396 e. The van der Waals surface area contributed by atoms with Crippen molar-refractivity contribution in [3.63, 3.8) is 0 Å². The lowest BCUT2D eigenvalue weighted by Crippen LogP contribution is -2.30. The number of hydrogen-bond acceptors (Lipinski definition) is 3. The first-order valence-corrected chi connectivity index (χ1v) is 7.89. The highest BCUT2D eigenvalue weighted by molar-refractivity contribution is 7.99. The molecule has 2 unspecified atom stereocenters. The molecule has 1 aromatic rings. The zero-order chi connectivity index (χ0) is 13.2. The van der Waals surface area contributed by atoms with Crippen LogP contribution in [0.15, 0.2) is 30.3 Å². The summed E-state index contributed by atoms with van der Waals surface area (Å²) in [6.45, 7) is 5.67. The van der Waals surface area contributed by atoms with Crippen molar-refractivity contribution in [3.05, 3.63) is 35.9 Å². The second kappa shape index (κ2) is 9.42. The fourth-order valence-electron chi connectivity index (χ4n) is 2.09. The predicted molar refractivity (Wildman–Crippen MR) is 81.1 cm³/mol. The van der Waals surface area contributed by atoms with Gasteiger partial charge in [-0.15, -0.1) is 0 Å². The highest BCUT2D eigenvalue weighted by Crippen LogP contribution is 2.29. The van der Waals surface area contributed by atoms with Crippen molar-refractivity contribution >= 4 is 11.8 Å². The molecule has 0 aliphatic heterocycles. The largest absolute Gasteiger partial charge is 0.396 e. The second-order valence-electron chi connectivity index (χ2n) is 4.34. The van der Waals surface area contributed by atoms with Gasteiger partial charge in [-0.3, -0.25) is 0 Å². The third-order valence-corrected chi connectivity index (χ3v) is 4.55. The number of nitrogens with one attached hydrogen (secondary N) is 1. The van der Waals surface area contributed by atoms with Crippen molar-refractivity contribution in [1.82, 2.24) is 5.32 Å². The van der Waals surface area contributed by atoms with Crippen LogP contribution in [0, 0.1) is 0 Å². The summed E-state index contributed by atoms with van der Waals surface area (Å²) in [6.07, 6.45) is 2.03. The van der Waals surface area contributed by atoms with Crippen molar-refractivity contribution in [2.24, 2.45) is 0 Å². The number of rotatable bonds is 9. The van der Waals surface area contributed by atoms with Gasteiger partial charge in [0.2, 0.25) is 0 Å². The molecule has 0 heterocycles. The van der Waals surface area contributed by atoms with Gasteiger partial charge >= 0.3 is 0 Å². The van der Waals surface area contributed by atoms with E-state index in [9.17, 15) is 0 Å². The highest BCUT2D eigenvalue weighted by Gasteiger charge is 2.20. The monoisotopic (exact) mass is 267 g/mol. The van der Waals surface area contributed by atoms with Crippen molar-refractivity contribution in [2.75, 3.05) is 18.9 Å². The fraction of sp³-hybridized carbons (Fsp3) is 0.600. The van der Waals surface area contributed by atoms with Crippen molar-refractivity contribution in [1.29, 1.82) is 0 Å². The van der Waals surface area contributed by atoms with Crippen molar-refractivity contribution < 1.29 is 5.11 Å². The number of hydrogen-bond donors (Lipinski definition) is 2. The molecule has 2 N–H and O–H groups in total. The molecule has 2 nitrogen and oxygen atoms in total. The van der Waals surface area contributed by atoms with Crippen LogP contribution in [0.4, 0.5) is 0 Å². The first-order chi connectivity index (χ1) is 8.83. The molecule has 102 valence electrons. The molecular weight excluding hydrogens is 242 g/mol. The van der Waals surface area contributed by atoms with E-state index in [4.69, 9.17) is 5.11 Å². The standard InChI is InChI=1S/C15H25NOS/c1-3-14(18-12-8-11-17)15(16-4-2)13-9-6-5-7-10-13/h5-7,9-10,14-17H,3-4,8,11-12H2,1-2H3. The Morgan fingerprint density at radius 1 is 1.22 bits per heavy atom. The molecule has 1 rings (SSSR count). The van der Waals surface area contributed by atoms with E-state index in [2.05, 4.69) is 49.5 Å². The van der Waals surface area contributed by atoms with Gasteiger partial charge in [-0.2, -0.15) is 11.8 Å². The lowest BCUT2D eigenvalue weighted by molar-refractivity contribution is 0.296. The Kier molecular flexibility index (Phi) is 8.14. The van der Waals surface area contributed by atoms with Gasteiger partial charge in [-0.25, -0.2) is 0 Å². The van der Waals surface area contributed by atoms with E-state index in [-0.39, 0.29) is 0 Å². The molecule has 18 heavy (non-hydrogen) atoms. The fourth-order valence-corrected chi connectivity index (χ4v) is 3.37. The maximum absolute atomic E-state index is 8.88. The summed E-state index contributed by atoms with van der Waals surface area (Å²) in [5, 5.41) is 13.0. The molecule has 0 bridgehead atoms. The topological polar surface area (TPSA) is 32.3 Å². The van der Waals surface area contributed by atoms with E-state index in [0.29, 0.717) is 17.9 Å². The maximum atomic E-state index is 8.88. The molecule has 0 amide bonds. The molecule has 1 aromatic carbocycles. The number of aliphatic hydroxyl groups excluding tert-OH is 1. The van der Waals surface area contributed by atoms with Crippen LogP contribution in [0.3, 0.4) is 0 Å². The van der Waals surface area contributed by atoms with Gasteiger partial charge in [0, 0.05) is 17.9 Å². The van der Waals surface area contributed by atoms with Crippen LogP contribution in [0.2, 0.25) is 0 Å². The SMILES string of the molecule is CCNC(c1ccccc1)C(CC)SCCCO. The lowest BCUT2D eigenvalue weighted by atomic mass is 10.0. The molecule has 2 atom stereocenters. The molecule has 0 aromatic heterocycles. The van der Waals surface area contributed by atoms with E-state index in [0.717, 1.165) is 25.1 Å². The zero-order valence-corrected chi connectivity index (χ0v) is 12.2. The molecule has 0 spiro atoms. The summed E-state index contributed by atoms with van der Waals surface area (Å²) in [6, 6.07) is 11.1. The zero-order valence-electron chi connectivity index (χ0n) is 11.4. The molecule has 0 aliphatic rings. The third-order valence-electron chi connectivity index (χ3n) is 2.99. The van der Waals surface area contributed by atoms with Crippen molar-refractivity contribution in [3.8, 4) is 0 Å². The number of benzene rings is 1. The molecule has 0 radical (unpaired) electrons. The van der Waals surface area contributed by atoms with Gasteiger partial charge < -0.3 is 10.4 Å². The highest BCUT2D eigenvalue weighted by atomic mass is 32.2. The van der Waals surface area contributed by atoms with Crippen LogP contribution in [-0.4, -0.2) is 29.3 Å². The Morgan fingerprint density at radius 2 is 1.94 bits per heavy atom. The molecule has 0 fully saturated rings. The van der Waals surface area contributed by atoms with Gasteiger partial charge in [0.1, 0.15) is 0 Å². The Bertz CT molecular complexity index is 305. The minimum absolute atomic E-state index is 0.292. The van der Waals surface area contributed by atoms with Gasteiger partial charge in [0.25, 0.3) is 0 Å². The quantitative estimate of drug-likeness (QED) is 0.674. The smallest absolute Gasteiger partial charge is 0.0440 e. The third kappa shape index (κ3) is 5.01. The summed E-state index contributed by atoms with van der Waals surface area (Å²) in [7, 11) is 0. The van der Waals surface area contributed by atoms with Crippen LogP contribution in [-0.2, 0) is 0 Å². The van der Waals surface area contributed by atoms with Crippen LogP contribution >= 0.6 is 11.8 Å². The summed E-state index contributed by atoms with van der Waals surface area (Å²) in [4.78, 5) is 0. The Hall–Kier alpha value is -0.510. The van der Waals surface area contributed by atoms with E-state index < -0.39 is 0 Å². The van der Waals surface area contributed by atoms with Gasteiger partial charge in [0.15, 0.2) is 0 Å². The summed E-state index contributed by atoms with van der Waals surface area (Å²) >= 11 is 1.97. The van der Waals surface area contributed by atoms with E-state index in [1.807, 2.05) is 11.8 Å². The average molecular weight is 267 g/mol. The number of aliphatic hydroxyl groups is 1.